The number of hydrogen-bond acceptors (Lipinski definition) is 22. The predicted octanol–water partition coefficient (Wildman–Crippen LogP) is 13.6. The minimum absolute atomic E-state index is 0.0000752. The van der Waals surface area contributed by atoms with Crippen LogP contribution in [-0.4, -0.2) is 171 Å². The van der Waals surface area contributed by atoms with Crippen LogP contribution in [0.25, 0.3) is 22.3 Å². The number of carbonyl (C=O) groups is 8. The number of aryl methyl sites for hydroxylation is 2. The molecule has 4 fully saturated rings. The second-order valence-corrected chi connectivity index (χ2v) is 33.2. The van der Waals surface area contributed by atoms with Gasteiger partial charge in [0.25, 0.3) is 0 Å². The Labute approximate surface area is 644 Å². The lowest BCUT2D eigenvalue weighted by atomic mass is 9.70. The number of rotatable bonds is 16. The molecule has 5 aromatic rings. The lowest BCUT2D eigenvalue weighted by molar-refractivity contribution is -0.267. The molecule has 0 aromatic carbocycles. The Morgan fingerprint density at radius 3 is 1.53 bits per heavy atom. The number of ketones is 4. The van der Waals surface area contributed by atoms with Crippen molar-refractivity contribution in [3.63, 3.8) is 0 Å². The Kier molecular flexibility index (Phi) is 30.7. The Bertz CT molecular complexity index is 3910. The van der Waals surface area contributed by atoms with Gasteiger partial charge in [0.1, 0.15) is 47.2 Å². The maximum Gasteiger partial charge on any atom is 0.419 e. The molecular formula is C83H124N10O16. The highest BCUT2D eigenvalue weighted by atomic mass is 16.7. The molecule has 109 heavy (non-hydrogen) atoms. The minimum atomic E-state index is -1.09. The number of nitrogens with two attached hydrogens (primary N) is 1. The zero-order valence-electron chi connectivity index (χ0n) is 68.2. The van der Waals surface area contributed by atoms with E-state index in [2.05, 4.69) is 57.2 Å². The van der Waals surface area contributed by atoms with Gasteiger partial charge in [0.05, 0.1) is 43.1 Å². The first-order valence-corrected chi connectivity index (χ1v) is 39.8. The summed E-state index contributed by atoms with van der Waals surface area (Å²) >= 11 is 0. The highest BCUT2D eigenvalue weighted by Gasteiger charge is 2.54. The topological polar surface area (TPSA) is 319 Å². The van der Waals surface area contributed by atoms with E-state index in [0.29, 0.717) is 56.2 Å². The zero-order valence-corrected chi connectivity index (χ0v) is 68.2. The second kappa shape index (κ2) is 38.5. The van der Waals surface area contributed by atoms with E-state index in [4.69, 9.17) is 43.6 Å². The third kappa shape index (κ3) is 21.3. The molecule has 5 aliphatic rings. The molecule has 0 radical (unpaired) electrons. The largest absolute Gasteiger partial charge is 0.458 e. The Morgan fingerprint density at radius 2 is 1.06 bits per heavy atom. The molecule has 0 spiro atoms. The fraction of sp³-hybridized carbons (Fsp3) is 0.699. The molecule has 2 N–H and O–H groups in total. The van der Waals surface area contributed by atoms with Crippen molar-refractivity contribution in [1.29, 1.82) is 0 Å². The van der Waals surface area contributed by atoms with E-state index in [1.165, 1.54) is 31.7 Å². The highest BCUT2D eigenvalue weighted by molar-refractivity contribution is 6.01. The molecular weight excluding hydrogens is 1390 g/mol. The number of aromatic nitrogens is 8. The van der Waals surface area contributed by atoms with Gasteiger partial charge in [0.2, 0.25) is 0 Å². The highest BCUT2D eigenvalue weighted by Crippen LogP contribution is 2.45. The molecule has 0 saturated carbocycles. The second-order valence-electron chi connectivity index (χ2n) is 33.2. The number of imidazole rings is 3. The third-order valence-electron chi connectivity index (χ3n) is 23.5. The smallest absolute Gasteiger partial charge is 0.419 e. The van der Waals surface area contributed by atoms with E-state index in [0.717, 1.165) is 72.1 Å². The van der Waals surface area contributed by atoms with Gasteiger partial charge in [-0.15, -0.1) is 0 Å². The third-order valence-corrected chi connectivity index (χ3v) is 23.5. The first-order chi connectivity index (χ1) is 51.5. The van der Waals surface area contributed by atoms with Crippen LogP contribution >= 0.6 is 0 Å². The Hall–Kier alpha value is -7.65. The van der Waals surface area contributed by atoms with Crippen LogP contribution < -0.4 is 5.73 Å². The normalized spacial score (nSPS) is 33.1. The van der Waals surface area contributed by atoms with Crippen molar-refractivity contribution in [2.24, 2.45) is 81.7 Å². The number of nitrogens with zero attached hydrogens (tertiary/aromatic N) is 9. The van der Waals surface area contributed by atoms with Gasteiger partial charge in [-0.2, -0.15) is 0 Å². The molecule has 22 atom stereocenters. The molecule has 26 nitrogen and oxygen atoms in total. The summed E-state index contributed by atoms with van der Waals surface area (Å²) in [6.45, 7) is 41.0. The summed E-state index contributed by atoms with van der Waals surface area (Å²) in [4.78, 5) is 133. The lowest BCUT2D eigenvalue weighted by Crippen LogP contribution is -2.52. The number of hydrogen-bond donors (Lipinski definition) is 1. The number of amides is 1. The van der Waals surface area contributed by atoms with Crippen LogP contribution in [0.1, 0.15) is 203 Å². The van der Waals surface area contributed by atoms with E-state index >= 15 is 0 Å². The van der Waals surface area contributed by atoms with Crippen LogP contribution in [0.2, 0.25) is 0 Å². The van der Waals surface area contributed by atoms with E-state index in [1.807, 2.05) is 104 Å². The molecule has 602 valence electrons. The van der Waals surface area contributed by atoms with E-state index in [1.54, 1.807) is 58.2 Å². The monoisotopic (exact) mass is 1520 g/mol. The summed E-state index contributed by atoms with van der Waals surface area (Å²) in [7, 11) is 0. The average Bonchev–Trinajstić information content (AvgIpc) is 1.71. The molecule has 10 rings (SSSR count). The maximum absolute atomic E-state index is 14.4. The first-order valence-electron chi connectivity index (χ1n) is 39.8. The van der Waals surface area contributed by atoms with Gasteiger partial charge in [-0.25, -0.2) is 39.1 Å². The number of carbonyl (C=O) groups excluding carboxylic acids is 8. The van der Waals surface area contributed by atoms with E-state index < -0.39 is 132 Å². The summed E-state index contributed by atoms with van der Waals surface area (Å²) < 4.78 is 54.8. The van der Waals surface area contributed by atoms with Crippen LogP contribution in [0.15, 0.2) is 79.7 Å². The Balaban J connectivity index is 0.000000235. The molecule has 4 saturated heterocycles. The fourth-order valence-corrected chi connectivity index (χ4v) is 16.8. The number of allylic oxidation sites excluding steroid dienone is 1. The number of unbranched alkanes of at least 4 members (excludes halogenated alkanes) is 2. The van der Waals surface area contributed by atoms with Crippen LogP contribution in [0.5, 0.6) is 0 Å². The molecule has 10 heterocycles. The number of esters is 2. The Morgan fingerprint density at radius 1 is 0.578 bits per heavy atom. The van der Waals surface area contributed by atoms with Crippen molar-refractivity contribution >= 4 is 69.6 Å². The van der Waals surface area contributed by atoms with Gasteiger partial charge >= 0.3 is 24.1 Å². The summed E-state index contributed by atoms with van der Waals surface area (Å²) in [5, 5.41) is 0. The van der Waals surface area contributed by atoms with Crippen molar-refractivity contribution in [2.75, 3.05) is 13.1 Å². The van der Waals surface area contributed by atoms with Gasteiger partial charge in [-0.1, -0.05) is 104 Å². The number of fused-ring (bicyclic) bond motifs is 3. The maximum atomic E-state index is 14.4. The number of ether oxygens (including phenoxy) is 8. The van der Waals surface area contributed by atoms with Crippen LogP contribution in [-0.2, 0) is 79.8 Å². The van der Waals surface area contributed by atoms with Gasteiger partial charge in [-0.3, -0.25) is 28.8 Å². The first kappa shape index (κ1) is 86.9. The van der Waals surface area contributed by atoms with Gasteiger partial charge in [-0.05, 0) is 164 Å². The van der Waals surface area contributed by atoms with E-state index in [9.17, 15) is 38.4 Å². The molecule has 5 aromatic heterocycles. The summed E-state index contributed by atoms with van der Waals surface area (Å²) in [6.07, 6.45) is 12.4. The molecule has 1 amide bonds. The van der Waals surface area contributed by atoms with Crippen molar-refractivity contribution in [1.82, 2.24) is 43.5 Å². The van der Waals surface area contributed by atoms with Crippen molar-refractivity contribution in [3.8, 4) is 0 Å². The van der Waals surface area contributed by atoms with E-state index in [-0.39, 0.29) is 53.6 Å². The molecule has 5 aliphatic heterocycles. The lowest BCUT2D eigenvalue weighted by Gasteiger charge is -2.45. The number of Topliss-reactive ketones (excluding diaryl/α,β-unsaturated/α-hetero) is 4. The summed E-state index contributed by atoms with van der Waals surface area (Å²) in [6, 6.07) is 6.99. The molecule has 0 bridgehead atoms. The SMILES string of the molecule is CC[C@H]1OC(=O)[C@H](C)C(=O)[C@H](C)[C@@H](OC2O[C@H](C)C[C@H](C)[C@H]2C)C(C)(C)C[C@@H](C)C(=O)C(C)=C[C@@H]1OC(=O)n1ccnc1.CC[C@H]1OC(=O)[C@H](C)C(=O)[C@H](C)[C@@H](OC2O[C@H](C)C[C@H](C)[C@H]2C)C(C)(C)C[C@@H](C)C(=O)[C@H](C)[C@@H]2C1OC(=O)N2CCCCn1cnc2cccnc21.NCCCCn1cnc2cccnc21. The van der Waals surface area contributed by atoms with Crippen LogP contribution in [0.3, 0.4) is 0 Å². The van der Waals surface area contributed by atoms with Gasteiger partial charge in [0, 0.05) is 85.8 Å². The predicted molar refractivity (Wildman–Crippen MR) is 411 cm³/mol. The number of pyridine rings is 2. The average molecular weight is 1520 g/mol. The molecule has 3 unspecified atom stereocenters. The van der Waals surface area contributed by atoms with Crippen molar-refractivity contribution < 1.29 is 76.3 Å². The van der Waals surface area contributed by atoms with Crippen molar-refractivity contribution in [3.05, 3.63) is 79.7 Å². The number of cyclic esters (lactones) is 2. The van der Waals surface area contributed by atoms with Crippen LogP contribution in [0, 0.1) is 75.9 Å². The fourth-order valence-electron chi connectivity index (χ4n) is 16.8. The standard InChI is InChI=1S/C40H60N4O8.C33H50N2O8.C10H14N4/c1-11-30-34-31(44(39(48)51-34)18-13-12-17-43-21-42-29-15-14-16-41-36(29)43)26(6)32(45)23(3)20-40(9,10)35(27(7)33(46)28(8)37(47)50-30)52-38-25(5)22(2)19-24(4)49-38;1-11-25-26(42-32(39)35-13-12-34-17-35)15-19(3)27(36)20(4)16-33(9,10)29(23(7)28(37)24(8)30(38)41-25)43-31-22(6)18(2)14-21(5)40-31;11-5-1-2-7-14-8-13-9-4-3-6-12-10(9)14/h14-16,21-28,30-31,34-35,38H,11-13,17-20H2,1-10H3;12-13,15,17-18,20-26,29,31H,11,14,16H2,1-10H3;3-4,6,8H,1-2,5,7,11H2/t22-,23+,24+,25+,26+,27-,28+,30+,31+,34?,35+,38?;18-,20+,21+,22+,23-,24+,25+,26-,29+,31?;/m00./s1. The van der Waals surface area contributed by atoms with Gasteiger partial charge < -0.3 is 57.7 Å². The van der Waals surface area contributed by atoms with Gasteiger partial charge in [0.15, 0.2) is 53.4 Å². The summed E-state index contributed by atoms with van der Waals surface area (Å²) in [5.41, 5.74) is 8.06. The molecule has 26 heteroatoms. The summed E-state index contributed by atoms with van der Waals surface area (Å²) in [5.74, 6) is -6.28. The van der Waals surface area contributed by atoms with Crippen molar-refractivity contribution in [2.45, 2.75) is 283 Å². The zero-order chi connectivity index (χ0) is 80.1. The molecule has 0 aliphatic carbocycles. The minimum Gasteiger partial charge on any atom is -0.458 e. The van der Waals surface area contributed by atoms with Crippen LogP contribution in [0.4, 0.5) is 9.59 Å². The quantitative estimate of drug-likeness (QED) is 0.0415.